The van der Waals surface area contributed by atoms with Gasteiger partial charge in [0.25, 0.3) is 0 Å². The molecule has 19 heavy (non-hydrogen) atoms. The van der Waals surface area contributed by atoms with Gasteiger partial charge in [0, 0.05) is 10.0 Å². The fraction of sp³-hybridized carbons (Fsp3) is 0.231. The summed E-state index contributed by atoms with van der Waals surface area (Å²) in [7, 11) is 0. The van der Waals surface area contributed by atoms with Gasteiger partial charge in [0.15, 0.2) is 6.04 Å². The largest absolute Gasteiger partial charge is 0.479 e. The number of alkyl carbamates (subject to hydrolysis) is 1. The lowest BCUT2D eigenvalue weighted by Gasteiger charge is -2.18. The van der Waals surface area contributed by atoms with E-state index in [4.69, 9.17) is 4.74 Å². The second-order valence-electron chi connectivity index (χ2n) is 3.77. The summed E-state index contributed by atoms with van der Waals surface area (Å²) >= 11 is 3.29. The molecule has 0 aliphatic rings. The smallest absolute Gasteiger partial charge is 0.408 e. The van der Waals surface area contributed by atoms with E-state index in [1.165, 1.54) is 6.08 Å². The quantitative estimate of drug-likeness (QED) is 0.815. The van der Waals surface area contributed by atoms with Gasteiger partial charge < -0.3 is 15.2 Å². The highest BCUT2D eigenvalue weighted by Gasteiger charge is 2.26. The number of aryl methyl sites for hydroxylation is 1. The second kappa shape index (κ2) is 6.94. The third kappa shape index (κ3) is 4.10. The molecule has 6 heteroatoms. The Morgan fingerprint density at radius 2 is 2.26 bits per heavy atom. The number of halogens is 1. The molecule has 0 heterocycles. The molecule has 2 N–H and O–H groups in total. The number of carboxylic acids is 1. The lowest BCUT2D eigenvalue weighted by molar-refractivity contribution is -0.139. The minimum atomic E-state index is -1.17. The van der Waals surface area contributed by atoms with Crippen LogP contribution in [0.5, 0.6) is 0 Å². The number of aliphatic carboxylic acids is 1. The third-order valence-electron chi connectivity index (χ3n) is 2.40. The van der Waals surface area contributed by atoms with Crippen LogP contribution in [-0.4, -0.2) is 23.8 Å². The van der Waals surface area contributed by atoms with E-state index in [0.29, 0.717) is 10.0 Å². The number of carboxylic acid groups (broad SMARTS) is 1. The van der Waals surface area contributed by atoms with Crippen molar-refractivity contribution in [3.8, 4) is 0 Å². The summed E-state index contributed by atoms with van der Waals surface area (Å²) in [5.41, 5.74) is 1.25. The molecule has 0 bridgehead atoms. The van der Waals surface area contributed by atoms with E-state index < -0.39 is 18.1 Å². The fourth-order valence-corrected chi connectivity index (χ4v) is 2.26. The van der Waals surface area contributed by atoms with Crippen molar-refractivity contribution in [3.63, 3.8) is 0 Å². The molecule has 102 valence electrons. The van der Waals surface area contributed by atoms with Crippen molar-refractivity contribution in [2.75, 3.05) is 6.61 Å². The van der Waals surface area contributed by atoms with Gasteiger partial charge in [0.1, 0.15) is 6.61 Å². The molecule has 1 unspecified atom stereocenters. The van der Waals surface area contributed by atoms with Gasteiger partial charge in [-0.3, -0.25) is 0 Å². The van der Waals surface area contributed by atoms with Crippen molar-refractivity contribution in [2.45, 2.75) is 13.0 Å². The summed E-state index contributed by atoms with van der Waals surface area (Å²) in [6, 6.07) is 4.10. The molecule has 1 aromatic carbocycles. The Hall–Kier alpha value is -1.82. The van der Waals surface area contributed by atoms with E-state index in [0.717, 1.165) is 5.56 Å². The summed E-state index contributed by atoms with van der Waals surface area (Å²) in [5, 5.41) is 11.5. The van der Waals surface area contributed by atoms with Crippen LogP contribution < -0.4 is 5.32 Å². The average molecular weight is 328 g/mol. The van der Waals surface area contributed by atoms with Crippen molar-refractivity contribution < 1.29 is 19.4 Å². The van der Waals surface area contributed by atoms with E-state index in [-0.39, 0.29) is 6.61 Å². The molecule has 0 aromatic heterocycles. The Balaban J connectivity index is 2.98. The highest BCUT2D eigenvalue weighted by molar-refractivity contribution is 9.10. The Kier molecular flexibility index (Phi) is 5.57. The van der Waals surface area contributed by atoms with Crippen LogP contribution in [0.4, 0.5) is 4.79 Å². The van der Waals surface area contributed by atoms with Gasteiger partial charge in [0.2, 0.25) is 0 Å². The van der Waals surface area contributed by atoms with E-state index in [2.05, 4.69) is 27.8 Å². The maximum atomic E-state index is 11.5. The highest BCUT2D eigenvalue weighted by Crippen LogP contribution is 2.27. The Bertz CT molecular complexity index is 481. The molecule has 0 fully saturated rings. The van der Waals surface area contributed by atoms with Crippen LogP contribution in [-0.2, 0) is 9.53 Å². The molecule has 0 aliphatic carbocycles. The number of rotatable bonds is 5. The zero-order valence-electron chi connectivity index (χ0n) is 10.4. The van der Waals surface area contributed by atoms with Gasteiger partial charge in [-0.05, 0) is 18.6 Å². The molecular formula is C13H14BrNO4. The van der Waals surface area contributed by atoms with Crippen molar-refractivity contribution >= 4 is 28.0 Å². The van der Waals surface area contributed by atoms with E-state index >= 15 is 0 Å². The predicted molar refractivity (Wildman–Crippen MR) is 73.9 cm³/mol. The number of ether oxygens (including phenoxy) is 1. The first kappa shape index (κ1) is 15.2. The summed E-state index contributed by atoms with van der Waals surface area (Å²) < 4.78 is 5.34. The number of hydrogen-bond donors (Lipinski definition) is 2. The van der Waals surface area contributed by atoms with Gasteiger partial charge >= 0.3 is 12.1 Å². The fourth-order valence-electron chi connectivity index (χ4n) is 1.56. The number of nitrogens with one attached hydrogen (secondary N) is 1. The van der Waals surface area contributed by atoms with Crippen LogP contribution in [0.15, 0.2) is 35.3 Å². The van der Waals surface area contributed by atoms with Gasteiger partial charge in [0.05, 0.1) is 0 Å². The molecule has 1 amide bonds. The molecule has 1 atom stereocenters. The predicted octanol–water partition coefficient (Wildman–Crippen LogP) is 2.80. The highest BCUT2D eigenvalue weighted by atomic mass is 79.9. The maximum Gasteiger partial charge on any atom is 0.408 e. The van der Waals surface area contributed by atoms with E-state index in [1.54, 1.807) is 25.1 Å². The minimum absolute atomic E-state index is 0.0209. The molecule has 0 saturated heterocycles. The Morgan fingerprint density at radius 1 is 1.58 bits per heavy atom. The summed E-state index contributed by atoms with van der Waals surface area (Å²) in [6.07, 6.45) is 0.599. The van der Waals surface area contributed by atoms with Crippen LogP contribution >= 0.6 is 15.9 Å². The number of carbonyl (C=O) groups is 2. The van der Waals surface area contributed by atoms with Crippen LogP contribution in [0.3, 0.4) is 0 Å². The maximum absolute atomic E-state index is 11.5. The summed E-state index contributed by atoms with van der Waals surface area (Å²) in [4.78, 5) is 22.8. The topological polar surface area (TPSA) is 75.6 Å². The standard InChI is InChI=1S/C13H14BrNO4/c1-3-7-19-13(18)15-11(12(16)17)10-8(2)5-4-6-9(10)14/h3-6,11H,1,7H2,2H3,(H,15,18)(H,16,17). The van der Waals surface area contributed by atoms with Gasteiger partial charge in [-0.2, -0.15) is 0 Å². The van der Waals surface area contributed by atoms with Crippen molar-refractivity contribution in [1.82, 2.24) is 5.32 Å². The van der Waals surface area contributed by atoms with Crippen molar-refractivity contribution in [3.05, 3.63) is 46.5 Å². The molecule has 1 aromatic rings. The van der Waals surface area contributed by atoms with E-state index in [1.807, 2.05) is 0 Å². The van der Waals surface area contributed by atoms with Gasteiger partial charge in [-0.1, -0.05) is 40.7 Å². The van der Waals surface area contributed by atoms with Crippen LogP contribution in [0, 0.1) is 6.92 Å². The normalized spacial score (nSPS) is 11.5. The SMILES string of the molecule is C=CCOC(=O)NC(C(=O)O)c1c(C)cccc1Br. The molecule has 0 radical (unpaired) electrons. The zero-order valence-corrected chi connectivity index (χ0v) is 11.9. The minimum Gasteiger partial charge on any atom is -0.479 e. The van der Waals surface area contributed by atoms with E-state index in [9.17, 15) is 14.7 Å². The first-order chi connectivity index (χ1) is 8.97. The summed E-state index contributed by atoms with van der Waals surface area (Å²) in [5.74, 6) is -1.16. The first-order valence-electron chi connectivity index (χ1n) is 5.49. The monoisotopic (exact) mass is 327 g/mol. The van der Waals surface area contributed by atoms with Crippen molar-refractivity contribution in [1.29, 1.82) is 0 Å². The van der Waals surface area contributed by atoms with Crippen LogP contribution in [0.25, 0.3) is 0 Å². The number of benzene rings is 1. The van der Waals surface area contributed by atoms with Gasteiger partial charge in [-0.25, -0.2) is 9.59 Å². The Labute approximate surface area is 119 Å². The van der Waals surface area contributed by atoms with Crippen LogP contribution in [0.2, 0.25) is 0 Å². The first-order valence-corrected chi connectivity index (χ1v) is 6.28. The third-order valence-corrected chi connectivity index (χ3v) is 3.09. The van der Waals surface area contributed by atoms with Crippen LogP contribution in [0.1, 0.15) is 17.2 Å². The molecule has 0 aliphatic heterocycles. The zero-order chi connectivity index (χ0) is 14.4. The lowest BCUT2D eigenvalue weighted by atomic mass is 10.0. The second-order valence-corrected chi connectivity index (χ2v) is 4.63. The number of hydrogen-bond acceptors (Lipinski definition) is 3. The van der Waals surface area contributed by atoms with Gasteiger partial charge in [-0.15, -0.1) is 0 Å². The Morgan fingerprint density at radius 3 is 2.79 bits per heavy atom. The molecule has 0 saturated carbocycles. The van der Waals surface area contributed by atoms with Crippen molar-refractivity contribution in [2.24, 2.45) is 0 Å². The molecular weight excluding hydrogens is 314 g/mol. The number of amides is 1. The molecule has 1 rings (SSSR count). The summed E-state index contributed by atoms with van der Waals surface area (Å²) in [6.45, 7) is 5.20. The average Bonchev–Trinajstić information content (AvgIpc) is 2.34. The number of carbonyl (C=O) groups excluding carboxylic acids is 1. The molecule has 0 spiro atoms. The molecule has 5 nitrogen and oxygen atoms in total. The lowest BCUT2D eigenvalue weighted by Crippen LogP contribution is -2.34.